The summed E-state index contributed by atoms with van der Waals surface area (Å²) in [7, 11) is 0. The van der Waals surface area contributed by atoms with Gasteiger partial charge in [0.15, 0.2) is 0 Å². The highest BCUT2D eigenvalue weighted by Gasteiger charge is 2.34. The number of carboxylic acids is 1. The molecule has 0 aliphatic carbocycles. The number of aliphatic carboxylic acids is 1. The summed E-state index contributed by atoms with van der Waals surface area (Å²) in [5.74, 6) is -3.66. The topological polar surface area (TPSA) is 171 Å². The van der Waals surface area contributed by atoms with Crippen molar-refractivity contribution in [3.8, 4) is 0 Å². The van der Waals surface area contributed by atoms with Gasteiger partial charge in [0.25, 0.3) is 0 Å². The number of rotatable bonds is 13. The van der Waals surface area contributed by atoms with Crippen molar-refractivity contribution in [2.75, 3.05) is 0 Å². The highest BCUT2D eigenvalue weighted by atomic mass is 16.4. The molecule has 0 saturated heterocycles. The minimum absolute atomic E-state index is 0.168. The number of hydrogen-bond donors (Lipinski definition) is 6. The minimum atomic E-state index is -1.32. The van der Waals surface area contributed by atoms with Crippen molar-refractivity contribution in [2.24, 2.45) is 23.5 Å². The number of carbonyl (C=O) groups is 4. The molecule has 6 atom stereocenters. The third-order valence-corrected chi connectivity index (χ3v) is 5.15. The van der Waals surface area contributed by atoms with Gasteiger partial charge in [0.2, 0.25) is 17.7 Å². The molecule has 0 rings (SSSR count). The second-order valence-corrected chi connectivity index (χ2v) is 8.90. The van der Waals surface area contributed by atoms with E-state index in [9.17, 15) is 29.4 Å². The molecule has 0 saturated carbocycles. The Kier molecular flexibility index (Phi) is 12.3. The van der Waals surface area contributed by atoms with Crippen molar-refractivity contribution in [1.29, 1.82) is 0 Å². The van der Waals surface area contributed by atoms with Crippen LogP contribution in [0.4, 0.5) is 0 Å². The number of nitrogens with one attached hydrogen (secondary N) is 3. The molecule has 0 aromatic carbocycles. The van der Waals surface area contributed by atoms with Gasteiger partial charge in [-0.1, -0.05) is 48.0 Å². The molecular weight excluding hydrogens is 404 g/mol. The summed E-state index contributed by atoms with van der Waals surface area (Å²) in [6, 6.07) is -4.31. The average molecular weight is 445 g/mol. The maximum absolute atomic E-state index is 12.8. The van der Waals surface area contributed by atoms with Crippen LogP contribution in [0.1, 0.15) is 61.3 Å². The van der Waals surface area contributed by atoms with Crippen LogP contribution in [0, 0.1) is 17.8 Å². The third kappa shape index (κ3) is 9.65. The first-order valence-electron chi connectivity index (χ1n) is 10.8. The van der Waals surface area contributed by atoms with E-state index in [2.05, 4.69) is 16.0 Å². The van der Waals surface area contributed by atoms with E-state index >= 15 is 0 Å². The van der Waals surface area contributed by atoms with Crippen LogP contribution >= 0.6 is 0 Å². The summed E-state index contributed by atoms with van der Waals surface area (Å²) >= 11 is 0. The number of nitrogens with two attached hydrogens (primary N) is 1. The largest absolute Gasteiger partial charge is 0.480 e. The monoisotopic (exact) mass is 444 g/mol. The normalized spacial score (nSPS) is 17.3. The van der Waals surface area contributed by atoms with Gasteiger partial charge in [-0.2, -0.15) is 0 Å². The number of carboxylic acid groups (broad SMARTS) is 1. The molecular formula is C21H40N4O6. The average Bonchev–Trinajstić information content (AvgIpc) is 2.65. The molecule has 0 radical (unpaired) electrons. The Morgan fingerprint density at radius 3 is 1.65 bits per heavy atom. The molecule has 0 fully saturated rings. The molecule has 0 aromatic rings. The molecule has 0 aliphatic heterocycles. The number of hydrogen-bond acceptors (Lipinski definition) is 6. The fourth-order valence-corrected chi connectivity index (χ4v) is 2.98. The quantitative estimate of drug-likeness (QED) is 0.232. The van der Waals surface area contributed by atoms with E-state index in [1.807, 2.05) is 20.8 Å². The number of aliphatic hydroxyl groups excluding tert-OH is 1. The zero-order chi connectivity index (χ0) is 24.5. The van der Waals surface area contributed by atoms with Crippen molar-refractivity contribution in [1.82, 2.24) is 16.0 Å². The van der Waals surface area contributed by atoms with E-state index in [1.54, 1.807) is 20.8 Å². The first-order chi connectivity index (χ1) is 14.2. The van der Waals surface area contributed by atoms with E-state index in [0.29, 0.717) is 12.8 Å². The minimum Gasteiger partial charge on any atom is -0.480 e. The van der Waals surface area contributed by atoms with Gasteiger partial charge in [-0.25, -0.2) is 4.79 Å². The van der Waals surface area contributed by atoms with Crippen LogP contribution in [0.25, 0.3) is 0 Å². The van der Waals surface area contributed by atoms with Gasteiger partial charge in [0, 0.05) is 0 Å². The SMILES string of the molecule is CCC(C)C(NC(=O)C(NC(=O)C(NC(=O)C(N)CC(C)C)C(C)O)C(C)C)C(=O)O. The summed E-state index contributed by atoms with van der Waals surface area (Å²) in [4.78, 5) is 49.3. The molecule has 0 aromatic heterocycles. The predicted molar refractivity (Wildman–Crippen MR) is 117 cm³/mol. The van der Waals surface area contributed by atoms with E-state index in [0.717, 1.165) is 0 Å². The van der Waals surface area contributed by atoms with Crippen LogP contribution < -0.4 is 21.7 Å². The van der Waals surface area contributed by atoms with E-state index < -0.39 is 54.0 Å². The summed E-state index contributed by atoms with van der Waals surface area (Å²) in [5, 5.41) is 26.9. The van der Waals surface area contributed by atoms with E-state index in [4.69, 9.17) is 5.73 Å². The van der Waals surface area contributed by atoms with E-state index in [-0.39, 0.29) is 17.8 Å². The Morgan fingerprint density at radius 2 is 1.26 bits per heavy atom. The van der Waals surface area contributed by atoms with Gasteiger partial charge in [0.05, 0.1) is 12.1 Å². The molecule has 7 N–H and O–H groups in total. The molecule has 10 heteroatoms. The molecule has 0 aliphatic rings. The molecule has 0 bridgehead atoms. The second kappa shape index (κ2) is 13.3. The Morgan fingerprint density at radius 1 is 0.806 bits per heavy atom. The van der Waals surface area contributed by atoms with Crippen LogP contribution in [-0.4, -0.2) is 64.2 Å². The van der Waals surface area contributed by atoms with Crippen molar-refractivity contribution in [3.05, 3.63) is 0 Å². The van der Waals surface area contributed by atoms with Gasteiger partial charge >= 0.3 is 5.97 Å². The van der Waals surface area contributed by atoms with Crippen LogP contribution in [0.2, 0.25) is 0 Å². The van der Waals surface area contributed by atoms with Crippen molar-refractivity contribution < 1.29 is 29.4 Å². The number of carbonyl (C=O) groups excluding carboxylic acids is 3. The molecule has 31 heavy (non-hydrogen) atoms. The maximum atomic E-state index is 12.8. The Hall–Kier alpha value is -2.20. The second-order valence-electron chi connectivity index (χ2n) is 8.90. The summed E-state index contributed by atoms with van der Waals surface area (Å²) in [6.45, 7) is 12.1. The molecule has 6 unspecified atom stereocenters. The third-order valence-electron chi connectivity index (χ3n) is 5.15. The van der Waals surface area contributed by atoms with Crippen molar-refractivity contribution in [3.63, 3.8) is 0 Å². The van der Waals surface area contributed by atoms with E-state index in [1.165, 1.54) is 6.92 Å². The van der Waals surface area contributed by atoms with Gasteiger partial charge in [-0.3, -0.25) is 14.4 Å². The van der Waals surface area contributed by atoms with Gasteiger partial charge in [-0.05, 0) is 31.1 Å². The molecule has 0 heterocycles. The lowest BCUT2D eigenvalue weighted by Crippen LogP contribution is -2.61. The lowest BCUT2D eigenvalue weighted by Gasteiger charge is -2.29. The fourth-order valence-electron chi connectivity index (χ4n) is 2.98. The highest BCUT2D eigenvalue weighted by Crippen LogP contribution is 2.11. The van der Waals surface area contributed by atoms with Gasteiger partial charge < -0.3 is 31.9 Å². The summed E-state index contributed by atoms with van der Waals surface area (Å²) < 4.78 is 0. The van der Waals surface area contributed by atoms with Crippen LogP contribution in [0.5, 0.6) is 0 Å². The predicted octanol–water partition coefficient (Wildman–Crippen LogP) is -0.0183. The standard InChI is InChI=1S/C21H40N4O6/c1-8-12(6)16(21(30)31)24-19(28)15(11(4)5)23-20(29)17(13(7)26)25-18(27)14(22)9-10(2)3/h10-17,26H,8-9,22H2,1-7H3,(H,23,29)(H,24,28)(H,25,27)(H,30,31). The highest BCUT2D eigenvalue weighted by molar-refractivity contribution is 5.94. The van der Waals surface area contributed by atoms with Crippen LogP contribution in [-0.2, 0) is 19.2 Å². The van der Waals surface area contributed by atoms with Crippen LogP contribution in [0.3, 0.4) is 0 Å². The lowest BCUT2D eigenvalue weighted by molar-refractivity contribution is -0.144. The zero-order valence-corrected chi connectivity index (χ0v) is 19.6. The first kappa shape index (κ1) is 28.8. The summed E-state index contributed by atoms with van der Waals surface area (Å²) in [6.07, 6.45) is -0.288. The van der Waals surface area contributed by atoms with Crippen molar-refractivity contribution >= 4 is 23.7 Å². The number of amides is 3. The summed E-state index contributed by atoms with van der Waals surface area (Å²) in [5.41, 5.74) is 5.84. The fraction of sp³-hybridized carbons (Fsp3) is 0.810. The first-order valence-corrected chi connectivity index (χ1v) is 10.8. The zero-order valence-electron chi connectivity index (χ0n) is 19.6. The number of aliphatic hydroxyl groups is 1. The lowest BCUT2D eigenvalue weighted by atomic mass is 9.97. The molecule has 10 nitrogen and oxygen atoms in total. The van der Waals surface area contributed by atoms with Crippen molar-refractivity contribution in [2.45, 2.75) is 91.6 Å². The Bertz CT molecular complexity index is 623. The maximum Gasteiger partial charge on any atom is 0.326 e. The molecule has 3 amide bonds. The molecule has 0 spiro atoms. The Balaban J connectivity index is 5.39. The van der Waals surface area contributed by atoms with Gasteiger partial charge in [0.1, 0.15) is 18.1 Å². The smallest absolute Gasteiger partial charge is 0.326 e. The Labute approximate surface area is 184 Å². The van der Waals surface area contributed by atoms with Gasteiger partial charge in [-0.15, -0.1) is 0 Å². The molecule has 180 valence electrons. The van der Waals surface area contributed by atoms with Crippen LogP contribution in [0.15, 0.2) is 0 Å².